The van der Waals surface area contributed by atoms with E-state index < -0.39 is 6.10 Å². The molecule has 0 aliphatic heterocycles. The average Bonchev–Trinajstić information content (AvgIpc) is 2.08. The van der Waals surface area contributed by atoms with Crippen molar-refractivity contribution in [3.8, 4) is 0 Å². The Hall–Kier alpha value is -0.310. The molecule has 0 fully saturated rings. The minimum absolute atomic E-state index is 0.238. The molecule has 0 saturated heterocycles. The summed E-state index contributed by atoms with van der Waals surface area (Å²) in [5.74, 6) is 0. The van der Waals surface area contributed by atoms with Crippen LogP contribution in [0.3, 0.4) is 0 Å². The Bertz CT molecular complexity index is 278. The zero-order valence-electron chi connectivity index (χ0n) is 6.59. The average molecular weight is 206 g/mol. The predicted molar refractivity (Wildman–Crippen MR) is 49.5 cm³/mol. The van der Waals surface area contributed by atoms with Crippen molar-refractivity contribution in [2.45, 2.75) is 19.4 Å². The van der Waals surface area contributed by atoms with Crippen molar-refractivity contribution in [3.63, 3.8) is 0 Å². The molecule has 4 heteroatoms. The molecule has 1 atom stereocenters. The summed E-state index contributed by atoms with van der Waals surface area (Å²) in [5.41, 5.74) is 0.638. The van der Waals surface area contributed by atoms with E-state index in [9.17, 15) is 5.11 Å². The van der Waals surface area contributed by atoms with Gasteiger partial charge >= 0.3 is 0 Å². The first-order chi connectivity index (χ1) is 5.66. The molecule has 0 spiro atoms. The molecule has 1 aromatic heterocycles. The third-order valence-corrected chi connectivity index (χ3v) is 2.40. The topological polar surface area (TPSA) is 33.1 Å². The van der Waals surface area contributed by atoms with Crippen LogP contribution in [-0.2, 0) is 0 Å². The maximum Gasteiger partial charge on any atom is 0.147 e. The summed E-state index contributed by atoms with van der Waals surface area (Å²) in [6, 6.07) is 1.67. The van der Waals surface area contributed by atoms with Crippen LogP contribution in [0.25, 0.3) is 0 Å². The molecular formula is C8H9Cl2NO. The smallest absolute Gasteiger partial charge is 0.147 e. The first-order valence-electron chi connectivity index (χ1n) is 3.64. The van der Waals surface area contributed by atoms with E-state index in [2.05, 4.69) is 4.98 Å². The molecule has 1 rings (SSSR count). The number of rotatable bonds is 2. The van der Waals surface area contributed by atoms with Crippen molar-refractivity contribution in [2.75, 3.05) is 0 Å². The molecule has 0 aliphatic carbocycles. The van der Waals surface area contributed by atoms with Gasteiger partial charge in [-0.2, -0.15) is 0 Å². The lowest BCUT2D eigenvalue weighted by atomic mass is 10.1. The Morgan fingerprint density at radius 3 is 2.83 bits per heavy atom. The summed E-state index contributed by atoms with van der Waals surface area (Å²) in [6.07, 6.45) is 1.58. The molecule has 2 nitrogen and oxygen atoms in total. The van der Waals surface area contributed by atoms with Gasteiger partial charge in [-0.1, -0.05) is 30.1 Å². The maximum atomic E-state index is 9.46. The maximum absolute atomic E-state index is 9.46. The molecule has 1 aromatic rings. The van der Waals surface area contributed by atoms with Crippen LogP contribution in [0.15, 0.2) is 12.3 Å². The first-order valence-corrected chi connectivity index (χ1v) is 4.40. The number of hydrogen-bond donors (Lipinski definition) is 1. The SMILES string of the molecule is CCC(O)c1ccnc(Cl)c1Cl. The van der Waals surface area contributed by atoms with Crippen LogP contribution in [0, 0.1) is 0 Å². The van der Waals surface area contributed by atoms with Crippen LogP contribution in [0.5, 0.6) is 0 Å². The second-order valence-electron chi connectivity index (χ2n) is 2.43. The van der Waals surface area contributed by atoms with Gasteiger partial charge in [0.25, 0.3) is 0 Å². The van der Waals surface area contributed by atoms with Gasteiger partial charge in [0, 0.05) is 11.8 Å². The van der Waals surface area contributed by atoms with E-state index >= 15 is 0 Å². The van der Waals surface area contributed by atoms with Crippen molar-refractivity contribution in [1.29, 1.82) is 0 Å². The van der Waals surface area contributed by atoms with E-state index in [0.29, 0.717) is 17.0 Å². The van der Waals surface area contributed by atoms with Gasteiger partial charge in [-0.15, -0.1) is 0 Å². The number of halogens is 2. The summed E-state index contributed by atoms with van der Waals surface area (Å²) in [5, 5.41) is 10.0. The lowest BCUT2D eigenvalue weighted by molar-refractivity contribution is 0.173. The number of pyridine rings is 1. The molecular weight excluding hydrogens is 197 g/mol. The van der Waals surface area contributed by atoms with E-state index in [1.807, 2.05) is 6.92 Å². The molecule has 0 radical (unpaired) electrons. The fraction of sp³-hybridized carbons (Fsp3) is 0.375. The molecule has 0 amide bonds. The number of nitrogens with zero attached hydrogens (tertiary/aromatic N) is 1. The summed E-state index contributed by atoms with van der Waals surface area (Å²) in [6.45, 7) is 1.87. The zero-order chi connectivity index (χ0) is 9.14. The molecule has 0 bridgehead atoms. The van der Waals surface area contributed by atoms with Crippen LogP contribution >= 0.6 is 23.2 Å². The molecule has 66 valence electrons. The van der Waals surface area contributed by atoms with Crippen molar-refractivity contribution >= 4 is 23.2 Å². The lowest BCUT2D eigenvalue weighted by Crippen LogP contribution is -1.97. The van der Waals surface area contributed by atoms with Gasteiger partial charge in [-0.3, -0.25) is 0 Å². The van der Waals surface area contributed by atoms with Gasteiger partial charge < -0.3 is 5.11 Å². The first kappa shape index (κ1) is 9.78. The van der Waals surface area contributed by atoms with Crippen molar-refractivity contribution in [3.05, 3.63) is 28.0 Å². The zero-order valence-corrected chi connectivity index (χ0v) is 8.10. The largest absolute Gasteiger partial charge is 0.388 e. The van der Waals surface area contributed by atoms with Gasteiger partial charge in [0.2, 0.25) is 0 Å². The summed E-state index contributed by atoms with van der Waals surface area (Å²) < 4.78 is 0. The van der Waals surface area contributed by atoms with Gasteiger partial charge in [-0.05, 0) is 12.5 Å². The van der Waals surface area contributed by atoms with Crippen molar-refractivity contribution < 1.29 is 5.11 Å². The summed E-state index contributed by atoms with van der Waals surface area (Å²) >= 11 is 11.5. The van der Waals surface area contributed by atoms with Crippen LogP contribution < -0.4 is 0 Å². The predicted octanol–water partition coefficient (Wildman–Crippen LogP) is 2.83. The monoisotopic (exact) mass is 205 g/mol. The highest BCUT2D eigenvalue weighted by Gasteiger charge is 2.11. The fourth-order valence-corrected chi connectivity index (χ4v) is 1.31. The van der Waals surface area contributed by atoms with Gasteiger partial charge in [-0.25, -0.2) is 4.98 Å². The minimum Gasteiger partial charge on any atom is -0.388 e. The van der Waals surface area contributed by atoms with Gasteiger partial charge in [0.05, 0.1) is 11.1 Å². The molecule has 0 aliphatic rings. The standard InChI is InChI=1S/C8H9Cl2NO/c1-2-6(12)5-3-4-11-8(10)7(5)9/h3-4,6,12H,2H2,1H3. The second-order valence-corrected chi connectivity index (χ2v) is 3.16. The van der Waals surface area contributed by atoms with E-state index in [0.717, 1.165) is 0 Å². The molecule has 0 saturated carbocycles. The third kappa shape index (κ3) is 1.89. The number of aromatic nitrogens is 1. The van der Waals surface area contributed by atoms with Crippen LogP contribution in [-0.4, -0.2) is 10.1 Å². The molecule has 1 heterocycles. The minimum atomic E-state index is -0.557. The Labute approximate surface area is 81.1 Å². The highest BCUT2D eigenvalue weighted by Crippen LogP contribution is 2.29. The van der Waals surface area contributed by atoms with Crippen LogP contribution in [0.4, 0.5) is 0 Å². The van der Waals surface area contributed by atoms with E-state index in [-0.39, 0.29) is 5.15 Å². The number of hydrogen-bond acceptors (Lipinski definition) is 2. The molecule has 12 heavy (non-hydrogen) atoms. The van der Waals surface area contributed by atoms with E-state index in [1.54, 1.807) is 6.07 Å². The van der Waals surface area contributed by atoms with Gasteiger partial charge in [0.15, 0.2) is 0 Å². The van der Waals surface area contributed by atoms with Crippen molar-refractivity contribution in [1.82, 2.24) is 4.98 Å². The fourth-order valence-electron chi connectivity index (χ4n) is 0.909. The molecule has 1 unspecified atom stereocenters. The normalized spacial score (nSPS) is 13.0. The number of aliphatic hydroxyl groups is 1. The number of aliphatic hydroxyl groups excluding tert-OH is 1. The summed E-state index contributed by atoms with van der Waals surface area (Å²) in [7, 11) is 0. The molecule has 0 aromatic carbocycles. The summed E-state index contributed by atoms with van der Waals surface area (Å²) in [4.78, 5) is 3.78. The highest BCUT2D eigenvalue weighted by molar-refractivity contribution is 6.41. The highest BCUT2D eigenvalue weighted by atomic mass is 35.5. The lowest BCUT2D eigenvalue weighted by Gasteiger charge is -2.09. The van der Waals surface area contributed by atoms with E-state index in [1.165, 1.54) is 6.20 Å². The van der Waals surface area contributed by atoms with Crippen LogP contribution in [0.1, 0.15) is 25.0 Å². The van der Waals surface area contributed by atoms with E-state index in [4.69, 9.17) is 23.2 Å². The van der Waals surface area contributed by atoms with Crippen LogP contribution in [0.2, 0.25) is 10.2 Å². The third-order valence-electron chi connectivity index (χ3n) is 1.62. The Kier molecular flexibility index (Phi) is 3.32. The Balaban J connectivity index is 3.07. The van der Waals surface area contributed by atoms with Crippen molar-refractivity contribution in [2.24, 2.45) is 0 Å². The second kappa shape index (κ2) is 4.08. The Morgan fingerprint density at radius 2 is 2.25 bits per heavy atom. The van der Waals surface area contributed by atoms with Gasteiger partial charge in [0.1, 0.15) is 5.15 Å². The molecule has 1 N–H and O–H groups in total. The Morgan fingerprint density at radius 1 is 1.58 bits per heavy atom. The quantitative estimate of drug-likeness (QED) is 0.754.